The van der Waals surface area contributed by atoms with Crippen LogP contribution in [0.4, 0.5) is 13.9 Å². The van der Waals surface area contributed by atoms with Crippen LogP contribution in [0.1, 0.15) is 28.9 Å². The predicted octanol–water partition coefficient (Wildman–Crippen LogP) is 2.02. The van der Waals surface area contributed by atoms with E-state index in [0.29, 0.717) is 12.5 Å². The molecular formula is C20H27F2N3O5S3. The second kappa shape index (κ2) is 12.1. The lowest BCUT2D eigenvalue weighted by Gasteiger charge is -2.28. The van der Waals surface area contributed by atoms with Crippen molar-refractivity contribution in [3.05, 3.63) is 46.5 Å². The molecule has 1 heterocycles. The number of nitrogens with one attached hydrogen (secondary N) is 1. The van der Waals surface area contributed by atoms with Crippen molar-refractivity contribution in [3.63, 3.8) is 0 Å². The Kier molecular flexibility index (Phi) is 10.0. The zero-order valence-electron chi connectivity index (χ0n) is 18.4. The Bertz CT molecular complexity index is 1030. The van der Waals surface area contributed by atoms with Gasteiger partial charge in [-0.1, -0.05) is 0 Å². The molecule has 1 aromatic heterocycles. The quantitative estimate of drug-likeness (QED) is 0.364. The van der Waals surface area contributed by atoms with E-state index in [2.05, 4.69) is 10.3 Å². The number of nitrogens with zero attached hydrogens (tertiary/aromatic N) is 2. The highest BCUT2D eigenvalue weighted by Crippen LogP contribution is 2.22. The Morgan fingerprint density at radius 3 is 2.48 bits per heavy atom. The second-order valence-corrected chi connectivity index (χ2v) is 11.3. The molecule has 13 heteroatoms. The fourth-order valence-corrected chi connectivity index (χ4v) is 5.00. The van der Waals surface area contributed by atoms with Crippen LogP contribution < -0.4 is 9.62 Å². The highest BCUT2D eigenvalue weighted by Gasteiger charge is 2.29. The van der Waals surface area contributed by atoms with Crippen molar-refractivity contribution in [2.45, 2.75) is 37.5 Å². The highest BCUT2D eigenvalue weighted by atomic mass is 32.2. The first-order valence-corrected chi connectivity index (χ1v) is 14.0. The molecule has 1 aromatic carbocycles. The van der Waals surface area contributed by atoms with Crippen molar-refractivity contribution in [3.8, 4) is 0 Å². The van der Waals surface area contributed by atoms with Crippen molar-refractivity contribution in [2.75, 3.05) is 29.6 Å². The number of amides is 1. The Hall–Kier alpha value is -1.80. The number of benzene rings is 1. The van der Waals surface area contributed by atoms with Gasteiger partial charge in [0, 0.05) is 18.5 Å². The molecule has 0 saturated carbocycles. The third-order valence-electron chi connectivity index (χ3n) is 4.84. The molecule has 0 aliphatic rings. The summed E-state index contributed by atoms with van der Waals surface area (Å²) in [5.74, 6) is -1.57. The maximum Gasteiger partial charge on any atom is 0.271 e. The lowest BCUT2D eigenvalue weighted by Crippen LogP contribution is -2.50. The Labute approximate surface area is 200 Å². The zero-order chi connectivity index (χ0) is 24.8. The smallest absolute Gasteiger partial charge is 0.271 e. The van der Waals surface area contributed by atoms with Crippen LogP contribution in [-0.2, 0) is 16.4 Å². The first-order valence-electron chi connectivity index (χ1n) is 9.92. The first kappa shape index (κ1) is 27.4. The van der Waals surface area contributed by atoms with Crippen LogP contribution in [0.3, 0.4) is 0 Å². The molecule has 1 amide bonds. The first-order chi connectivity index (χ1) is 15.4. The largest absolute Gasteiger partial charge is 0.390 e. The second-order valence-electron chi connectivity index (χ2n) is 7.50. The summed E-state index contributed by atoms with van der Waals surface area (Å²) in [7, 11) is -2.27. The molecule has 2 rings (SSSR count). The Balaban J connectivity index is 2.23. The summed E-state index contributed by atoms with van der Waals surface area (Å²) in [4.78, 5) is 16.8. The molecule has 8 nitrogen and oxygen atoms in total. The summed E-state index contributed by atoms with van der Waals surface area (Å²) in [6, 6.07) is 1.79. The van der Waals surface area contributed by atoms with Crippen molar-refractivity contribution in [1.82, 2.24) is 10.3 Å². The number of thioether (sulfide) groups is 1. The van der Waals surface area contributed by atoms with E-state index in [1.54, 1.807) is 11.8 Å². The van der Waals surface area contributed by atoms with Gasteiger partial charge in [-0.05, 0) is 49.0 Å². The number of halogens is 2. The van der Waals surface area contributed by atoms with Gasteiger partial charge in [0.1, 0.15) is 23.4 Å². The average Bonchev–Trinajstić information content (AvgIpc) is 3.21. The minimum atomic E-state index is -3.57. The van der Waals surface area contributed by atoms with E-state index in [9.17, 15) is 32.2 Å². The fraction of sp³-hybridized carbons (Fsp3) is 0.500. The van der Waals surface area contributed by atoms with Crippen LogP contribution in [0.2, 0.25) is 0 Å². The van der Waals surface area contributed by atoms with Gasteiger partial charge in [-0.25, -0.2) is 26.5 Å². The Morgan fingerprint density at radius 1 is 1.27 bits per heavy atom. The molecule has 3 N–H and O–H groups in total. The van der Waals surface area contributed by atoms with Crippen LogP contribution in [0.5, 0.6) is 0 Å². The molecule has 33 heavy (non-hydrogen) atoms. The standard InChI is InChI=1S/C20H27F2N3O5S3/c1-25(33(3,29)30)20-24-16(11-32-20)19(28)23-15(18(27)17(26)5-4-6-31-2)9-12-7-13(21)10-14(22)8-12/h7-8,10-11,15,17-18,26-27H,4-6,9H2,1-3H3,(H,23,28). The molecule has 2 aromatic rings. The summed E-state index contributed by atoms with van der Waals surface area (Å²) in [5, 5.41) is 25.1. The molecule has 0 radical (unpaired) electrons. The summed E-state index contributed by atoms with van der Waals surface area (Å²) in [6.45, 7) is 0. The molecule has 0 bridgehead atoms. The lowest BCUT2D eigenvalue weighted by atomic mass is 9.95. The number of aromatic nitrogens is 1. The van der Waals surface area contributed by atoms with Crippen molar-refractivity contribution in [1.29, 1.82) is 0 Å². The van der Waals surface area contributed by atoms with Crippen LogP contribution >= 0.6 is 23.1 Å². The number of anilines is 1. The van der Waals surface area contributed by atoms with Gasteiger partial charge in [0.05, 0.1) is 18.4 Å². The topological polar surface area (TPSA) is 120 Å². The maximum absolute atomic E-state index is 13.6. The van der Waals surface area contributed by atoms with Gasteiger partial charge in [-0.3, -0.25) is 4.79 Å². The van der Waals surface area contributed by atoms with Gasteiger partial charge in [0.15, 0.2) is 5.13 Å². The van der Waals surface area contributed by atoms with Crippen molar-refractivity contribution in [2.24, 2.45) is 0 Å². The molecule has 3 unspecified atom stereocenters. The van der Waals surface area contributed by atoms with Gasteiger partial charge in [-0.2, -0.15) is 11.8 Å². The fourth-order valence-electron chi connectivity index (χ4n) is 3.01. The van der Waals surface area contributed by atoms with Crippen LogP contribution in [0.15, 0.2) is 23.6 Å². The van der Waals surface area contributed by atoms with Gasteiger partial charge in [0.2, 0.25) is 10.0 Å². The number of thiazole rings is 1. The minimum absolute atomic E-state index is 0.0732. The number of carbonyl (C=O) groups is 1. The number of hydrogen-bond acceptors (Lipinski definition) is 8. The van der Waals surface area contributed by atoms with E-state index >= 15 is 0 Å². The Morgan fingerprint density at radius 2 is 1.91 bits per heavy atom. The van der Waals surface area contributed by atoms with E-state index in [0.717, 1.165) is 39.8 Å². The van der Waals surface area contributed by atoms with Gasteiger partial charge < -0.3 is 15.5 Å². The molecule has 0 saturated heterocycles. The van der Waals surface area contributed by atoms with E-state index < -0.39 is 45.8 Å². The summed E-state index contributed by atoms with van der Waals surface area (Å²) < 4.78 is 51.6. The monoisotopic (exact) mass is 523 g/mol. The number of aliphatic hydroxyl groups excluding tert-OH is 2. The van der Waals surface area contributed by atoms with Crippen LogP contribution in [-0.4, -0.2) is 73.1 Å². The van der Waals surface area contributed by atoms with Crippen LogP contribution in [0.25, 0.3) is 0 Å². The number of rotatable bonds is 12. The number of carbonyl (C=O) groups excluding carboxylic acids is 1. The normalized spacial score (nSPS) is 14.5. The lowest BCUT2D eigenvalue weighted by molar-refractivity contribution is -0.00736. The van der Waals surface area contributed by atoms with Crippen molar-refractivity contribution >= 4 is 44.2 Å². The maximum atomic E-state index is 13.6. The molecule has 0 spiro atoms. The molecule has 3 atom stereocenters. The summed E-state index contributed by atoms with van der Waals surface area (Å²) in [5.41, 5.74) is 0.0916. The van der Waals surface area contributed by atoms with E-state index in [1.165, 1.54) is 12.4 Å². The highest BCUT2D eigenvalue weighted by molar-refractivity contribution is 7.98. The van der Waals surface area contributed by atoms with E-state index in [-0.39, 0.29) is 29.2 Å². The molecule has 0 aliphatic heterocycles. The van der Waals surface area contributed by atoms with E-state index in [4.69, 9.17) is 0 Å². The molecule has 0 aliphatic carbocycles. The van der Waals surface area contributed by atoms with Gasteiger partial charge in [-0.15, -0.1) is 11.3 Å². The van der Waals surface area contributed by atoms with E-state index in [1.807, 2.05) is 6.26 Å². The zero-order valence-corrected chi connectivity index (χ0v) is 20.8. The molecule has 184 valence electrons. The number of hydrogen-bond donors (Lipinski definition) is 3. The van der Waals surface area contributed by atoms with Gasteiger partial charge in [0.25, 0.3) is 5.91 Å². The van der Waals surface area contributed by atoms with Crippen LogP contribution in [0, 0.1) is 11.6 Å². The predicted molar refractivity (Wildman–Crippen MR) is 126 cm³/mol. The molecule has 0 fully saturated rings. The summed E-state index contributed by atoms with van der Waals surface area (Å²) in [6.07, 6.45) is 1.06. The number of sulfonamides is 1. The average molecular weight is 524 g/mol. The third-order valence-corrected chi connectivity index (χ3v) is 7.74. The minimum Gasteiger partial charge on any atom is -0.390 e. The van der Waals surface area contributed by atoms with Gasteiger partial charge >= 0.3 is 0 Å². The summed E-state index contributed by atoms with van der Waals surface area (Å²) >= 11 is 2.52. The SMILES string of the molecule is CSCCCC(O)C(O)C(Cc1cc(F)cc(F)c1)NC(=O)c1csc(N(C)S(C)(=O)=O)n1. The molecular weight excluding hydrogens is 496 g/mol. The number of aliphatic hydroxyl groups is 2. The van der Waals surface area contributed by atoms with Crippen molar-refractivity contribution < 1.29 is 32.2 Å². The third kappa shape index (κ3) is 8.18.